The Morgan fingerprint density at radius 2 is 2.00 bits per heavy atom. The summed E-state index contributed by atoms with van der Waals surface area (Å²) in [4.78, 5) is 28.0. The average molecular weight is 366 g/mol. The lowest BCUT2D eigenvalue weighted by Crippen LogP contribution is -2.39. The van der Waals surface area contributed by atoms with Crippen LogP contribution < -0.4 is 0 Å². The summed E-state index contributed by atoms with van der Waals surface area (Å²) in [5, 5.41) is 5.04. The molecule has 0 spiro atoms. The van der Waals surface area contributed by atoms with Crippen LogP contribution in [-0.2, 0) is 0 Å². The van der Waals surface area contributed by atoms with E-state index in [1.54, 1.807) is 21.2 Å². The Kier molecular flexibility index (Phi) is 4.42. The summed E-state index contributed by atoms with van der Waals surface area (Å²) in [5.74, 6) is 1.29. The van der Waals surface area contributed by atoms with Crippen LogP contribution in [-0.4, -0.2) is 47.9 Å². The third-order valence-electron chi connectivity index (χ3n) is 4.02. The Hall–Kier alpha value is -2.74. The van der Waals surface area contributed by atoms with Crippen molar-refractivity contribution in [3.63, 3.8) is 0 Å². The fourth-order valence-corrected chi connectivity index (χ4v) is 3.79. The summed E-state index contributed by atoms with van der Waals surface area (Å²) in [6, 6.07) is 11.6. The third kappa shape index (κ3) is 3.20. The van der Waals surface area contributed by atoms with Crippen LogP contribution >= 0.6 is 11.8 Å². The molecule has 0 saturated carbocycles. The highest BCUT2D eigenvalue weighted by atomic mass is 32.2. The van der Waals surface area contributed by atoms with Crippen molar-refractivity contribution >= 4 is 34.3 Å². The standard InChI is InChI=1S/C18H18N6OS/c1-12-11-13(2)24-17(19-12)21-15(22-24)16(25)23-9-6-10-26-18(23)20-14-7-4-3-5-8-14/h3-5,7-8,11H,6,9-10H2,1-2H3. The van der Waals surface area contributed by atoms with Crippen LogP contribution in [0.3, 0.4) is 0 Å². The van der Waals surface area contributed by atoms with Crippen molar-refractivity contribution < 1.29 is 4.79 Å². The van der Waals surface area contributed by atoms with Crippen molar-refractivity contribution in [2.75, 3.05) is 12.3 Å². The molecule has 0 bridgehead atoms. The van der Waals surface area contributed by atoms with Gasteiger partial charge in [0.2, 0.25) is 5.82 Å². The van der Waals surface area contributed by atoms with Gasteiger partial charge in [-0.05, 0) is 38.5 Å². The van der Waals surface area contributed by atoms with E-state index in [1.165, 1.54) is 0 Å². The number of aryl methyl sites for hydroxylation is 2. The van der Waals surface area contributed by atoms with E-state index in [4.69, 9.17) is 0 Å². The van der Waals surface area contributed by atoms with Gasteiger partial charge in [-0.1, -0.05) is 30.0 Å². The smallest absolute Gasteiger partial charge is 0.284 e. The average Bonchev–Trinajstić information content (AvgIpc) is 3.07. The first kappa shape index (κ1) is 16.7. The van der Waals surface area contributed by atoms with Gasteiger partial charge in [-0.2, -0.15) is 4.98 Å². The fraction of sp³-hybridized carbons (Fsp3) is 0.278. The van der Waals surface area contributed by atoms with Crippen LogP contribution in [0, 0.1) is 13.8 Å². The van der Waals surface area contributed by atoms with Crippen molar-refractivity contribution in [2.45, 2.75) is 20.3 Å². The molecule has 1 aromatic carbocycles. The predicted molar refractivity (Wildman–Crippen MR) is 102 cm³/mol. The maximum absolute atomic E-state index is 13.0. The van der Waals surface area contributed by atoms with Gasteiger partial charge in [0.15, 0.2) is 5.17 Å². The highest BCUT2D eigenvalue weighted by Crippen LogP contribution is 2.23. The second-order valence-corrected chi connectivity index (χ2v) is 7.14. The van der Waals surface area contributed by atoms with Gasteiger partial charge in [0, 0.05) is 23.7 Å². The molecule has 4 rings (SSSR count). The van der Waals surface area contributed by atoms with Gasteiger partial charge in [-0.25, -0.2) is 14.5 Å². The zero-order valence-corrected chi connectivity index (χ0v) is 15.4. The van der Waals surface area contributed by atoms with Gasteiger partial charge in [0.05, 0.1) is 5.69 Å². The molecule has 1 amide bonds. The van der Waals surface area contributed by atoms with Crippen LogP contribution in [0.25, 0.3) is 5.78 Å². The summed E-state index contributed by atoms with van der Waals surface area (Å²) in [6.07, 6.45) is 0.911. The molecule has 2 aromatic heterocycles. The Morgan fingerprint density at radius 1 is 1.19 bits per heavy atom. The minimum atomic E-state index is -0.241. The van der Waals surface area contributed by atoms with Gasteiger partial charge in [-0.15, -0.1) is 5.10 Å². The zero-order valence-electron chi connectivity index (χ0n) is 14.6. The summed E-state index contributed by atoms with van der Waals surface area (Å²) >= 11 is 1.58. The molecule has 0 radical (unpaired) electrons. The quantitative estimate of drug-likeness (QED) is 0.697. The van der Waals surface area contributed by atoms with Crippen LogP contribution in [0.4, 0.5) is 5.69 Å². The molecule has 8 heteroatoms. The van der Waals surface area contributed by atoms with E-state index >= 15 is 0 Å². The molecular formula is C18H18N6OS. The Labute approximate surface area is 155 Å². The summed E-state index contributed by atoms with van der Waals surface area (Å²) in [7, 11) is 0. The second kappa shape index (κ2) is 6.87. The molecule has 1 saturated heterocycles. The first-order valence-electron chi connectivity index (χ1n) is 8.41. The molecule has 0 unspecified atom stereocenters. The topological polar surface area (TPSA) is 75.8 Å². The van der Waals surface area contributed by atoms with Crippen LogP contribution in [0.15, 0.2) is 41.4 Å². The minimum Gasteiger partial charge on any atom is -0.284 e. The molecule has 3 heterocycles. The van der Waals surface area contributed by atoms with E-state index in [2.05, 4.69) is 20.1 Å². The fourth-order valence-electron chi connectivity index (χ4n) is 2.83. The number of rotatable bonds is 2. The maximum atomic E-state index is 13.0. The van der Waals surface area contributed by atoms with Gasteiger partial charge >= 0.3 is 0 Å². The van der Waals surface area contributed by atoms with Gasteiger partial charge in [-0.3, -0.25) is 9.69 Å². The molecular weight excluding hydrogens is 348 g/mol. The molecule has 132 valence electrons. The van der Waals surface area contributed by atoms with Gasteiger partial charge in [0.1, 0.15) is 0 Å². The van der Waals surface area contributed by atoms with Crippen LogP contribution in [0.5, 0.6) is 0 Å². The number of fused-ring (bicyclic) bond motifs is 1. The molecule has 26 heavy (non-hydrogen) atoms. The first-order chi connectivity index (χ1) is 12.6. The first-order valence-corrected chi connectivity index (χ1v) is 9.40. The summed E-state index contributed by atoms with van der Waals surface area (Å²) in [5.41, 5.74) is 2.57. The lowest BCUT2D eigenvalue weighted by atomic mass is 10.3. The van der Waals surface area contributed by atoms with Crippen molar-refractivity contribution in [3.05, 3.63) is 53.6 Å². The minimum absolute atomic E-state index is 0.148. The van der Waals surface area contributed by atoms with Crippen LogP contribution in [0.2, 0.25) is 0 Å². The van der Waals surface area contributed by atoms with Gasteiger partial charge < -0.3 is 0 Å². The normalized spacial score (nSPS) is 16.4. The van der Waals surface area contributed by atoms with Crippen molar-refractivity contribution in [1.29, 1.82) is 0 Å². The summed E-state index contributed by atoms with van der Waals surface area (Å²) < 4.78 is 1.60. The van der Waals surface area contributed by atoms with E-state index in [1.807, 2.05) is 50.2 Å². The Balaban J connectivity index is 1.69. The number of aliphatic imine (C=N–C) groups is 1. The SMILES string of the molecule is Cc1cc(C)n2nc(C(=O)N3CCCSC3=Nc3ccccc3)nc2n1. The van der Waals surface area contributed by atoms with Crippen LogP contribution in [0.1, 0.15) is 28.4 Å². The lowest BCUT2D eigenvalue weighted by molar-refractivity contribution is 0.0838. The number of hydrogen-bond donors (Lipinski definition) is 0. The molecule has 0 aliphatic carbocycles. The number of aromatic nitrogens is 4. The van der Waals surface area contributed by atoms with E-state index < -0.39 is 0 Å². The van der Waals surface area contributed by atoms with E-state index in [9.17, 15) is 4.79 Å². The molecule has 7 nitrogen and oxygen atoms in total. The van der Waals surface area contributed by atoms with Crippen molar-refractivity contribution in [2.24, 2.45) is 4.99 Å². The van der Waals surface area contributed by atoms with E-state index in [0.717, 1.165) is 29.2 Å². The monoisotopic (exact) mass is 366 g/mol. The number of hydrogen-bond acceptors (Lipinski definition) is 6. The number of carbonyl (C=O) groups is 1. The largest absolute Gasteiger partial charge is 0.299 e. The van der Waals surface area contributed by atoms with Crippen molar-refractivity contribution in [1.82, 2.24) is 24.5 Å². The second-order valence-electron chi connectivity index (χ2n) is 6.07. The number of thioether (sulfide) groups is 1. The molecule has 1 fully saturated rings. The highest BCUT2D eigenvalue weighted by Gasteiger charge is 2.28. The maximum Gasteiger partial charge on any atom is 0.299 e. The van der Waals surface area contributed by atoms with Gasteiger partial charge in [0.25, 0.3) is 11.7 Å². The molecule has 0 atom stereocenters. The Morgan fingerprint density at radius 3 is 2.81 bits per heavy atom. The number of carbonyl (C=O) groups excluding carboxylic acids is 1. The summed E-state index contributed by atoms with van der Waals surface area (Å²) in [6.45, 7) is 4.43. The van der Waals surface area contributed by atoms with Crippen molar-refractivity contribution in [3.8, 4) is 0 Å². The molecule has 0 N–H and O–H groups in total. The van der Waals surface area contributed by atoms with E-state index in [-0.39, 0.29) is 11.7 Å². The number of amides is 1. The molecule has 1 aliphatic heterocycles. The molecule has 1 aliphatic rings. The highest BCUT2D eigenvalue weighted by molar-refractivity contribution is 8.13. The molecule has 3 aromatic rings. The number of para-hydroxylation sites is 1. The number of benzene rings is 1. The van der Waals surface area contributed by atoms with E-state index in [0.29, 0.717) is 17.5 Å². The lowest BCUT2D eigenvalue weighted by Gasteiger charge is -2.26. The number of nitrogens with zero attached hydrogens (tertiary/aromatic N) is 6. The predicted octanol–water partition coefficient (Wildman–Crippen LogP) is 3.01. The zero-order chi connectivity index (χ0) is 18.1. The number of amidine groups is 1. The Bertz CT molecular complexity index is 998. The third-order valence-corrected chi connectivity index (χ3v) is 5.09.